The SMILES string of the molecule is CCCNCCS(=O)(=O)NC1CCCCC1SC. The smallest absolute Gasteiger partial charge is 0.213 e. The maximum absolute atomic E-state index is 12.0. The third-order valence-electron chi connectivity index (χ3n) is 3.31. The van der Waals surface area contributed by atoms with Crippen LogP contribution in [0.15, 0.2) is 0 Å². The van der Waals surface area contributed by atoms with Crippen molar-refractivity contribution < 1.29 is 8.42 Å². The highest BCUT2D eigenvalue weighted by Gasteiger charge is 2.27. The van der Waals surface area contributed by atoms with E-state index in [2.05, 4.69) is 23.2 Å². The van der Waals surface area contributed by atoms with Crippen LogP contribution in [0.25, 0.3) is 0 Å². The van der Waals surface area contributed by atoms with Crippen molar-refractivity contribution >= 4 is 21.8 Å². The third kappa shape index (κ3) is 5.91. The first-order chi connectivity index (χ1) is 8.59. The van der Waals surface area contributed by atoms with E-state index in [0.717, 1.165) is 32.2 Å². The van der Waals surface area contributed by atoms with Crippen LogP contribution in [0, 0.1) is 0 Å². The van der Waals surface area contributed by atoms with Crippen LogP contribution in [0.5, 0.6) is 0 Å². The third-order valence-corrected chi connectivity index (χ3v) is 5.88. The Kier molecular flexibility index (Phi) is 7.60. The fourth-order valence-electron chi connectivity index (χ4n) is 2.31. The molecule has 18 heavy (non-hydrogen) atoms. The zero-order valence-electron chi connectivity index (χ0n) is 11.4. The van der Waals surface area contributed by atoms with Gasteiger partial charge in [0, 0.05) is 17.8 Å². The predicted octanol–water partition coefficient (Wildman–Crippen LogP) is 1.58. The monoisotopic (exact) mass is 294 g/mol. The van der Waals surface area contributed by atoms with Gasteiger partial charge in [0.05, 0.1) is 5.75 Å². The normalized spacial score (nSPS) is 25.2. The van der Waals surface area contributed by atoms with Crippen LogP contribution in [-0.2, 0) is 10.0 Å². The summed E-state index contributed by atoms with van der Waals surface area (Å²) in [5, 5.41) is 3.57. The molecule has 108 valence electrons. The van der Waals surface area contributed by atoms with E-state index < -0.39 is 10.0 Å². The molecule has 0 spiro atoms. The summed E-state index contributed by atoms with van der Waals surface area (Å²) in [6.07, 6.45) is 7.57. The Hall–Kier alpha value is 0.220. The van der Waals surface area contributed by atoms with Crippen LogP contribution < -0.4 is 10.0 Å². The lowest BCUT2D eigenvalue weighted by atomic mass is 9.96. The molecule has 0 radical (unpaired) electrons. The predicted molar refractivity (Wildman–Crippen MR) is 79.6 cm³/mol. The van der Waals surface area contributed by atoms with E-state index in [1.807, 2.05) is 0 Å². The zero-order valence-corrected chi connectivity index (χ0v) is 13.1. The van der Waals surface area contributed by atoms with Crippen LogP contribution in [-0.4, -0.2) is 44.8 Å². The first-order valence-corrected chi connectivity index (χ1v) is 9.76. The van der Waals surface area contributed by atoms with Gasteiger partial charge in [-0.05, 0) is 32.1 Å². The summed E-state index contributed by atoms with van der Waals surface area (Å²) in [6, 6.07) is 0.130. The summed E-state index contributed by atoms with van der Waals surface area (Å²) in [5.74, 6) is 0.185. The molecule has 1 fully saturated rings. The summed E-state index contributed by atoms with van der Waals surface area (Å²) in [5.41, 5.74) is 0. The molecule has 0 amide bonds. The minimum Gasteiger partial charge on any atom is -0.316 e. The summed E-state index contributed by atoms with van der Waals surface area (Å²) < 4.78 is 26.8. The van der Waals surface area contributed by atoms with Gasteiger partial charge in [0.15, 0.2) is 0 Å². The Morgan fingerprint density at radius 2 is 1.94 bits per heavy atom. The summed E-state index contributed by atoms with van der Waals surface area (Å²) in [6.45, 7) is 3.50. The second-order valence-corrected chi connectivity index (χ2v) is 7.80. The van der Waals surface area contributed by atoms with E-state index in [4.69, 9.17) is 0 Å². The molecule has 0 aromatic carbocycles. The molecule has 1 rings (SSSR count). The van der Waals surface area contributed by atoms with Crippen molar-refractivity contribution in [2.24, 2.45) is 0 Å². The van der Waals surface area contributed by atoms with Gasteiger partial charge in [-0.25, -0.2) is 13.1 Å². The molecule has 0 bridgehead atoms. The molecule has 4 nitrogen and oxygen atoms in total. The minimum absolute atomic E-state index is 0.130. The van der Waals surface area contributed by atoms with Crippen molar-refractivity contribution in [1.29, 1.82) is 0 Å². The molecule has 1 aliphatic rings. The van der Waals surface area contributed by atoms with Gasteiger partial charge in [0.2, 0.25) is 10.0 Å². The van der Waals surface area contributed by atoms with Gasteiger partial charge >= 0.3 is 0 Å². The van der Waals surface area contributed by atoms with Crippen molar-refractivity contribution in [3.63, 3.8) is 0 Å². The Labute approximate surface area is 116 Å². The summed E-state index contributed by atoms with van der Waals surface area (Å²) in [4.78, 5) is 0. The van der Waals surface area contributed by atoms with E-state index in [1.54, 1.807) is 11.8 Å². The first kappa shape index (κ1) is 16.3. The molecule has 0 aromatic heterocycles. The fourth-order valence-corrected chi connectivity index (χ4v) is 4.61. The molecule has 2 N–H and O–H groups in total. The molecule has 6 heteroatoms. The molecule has 0 saturated heterocycles. The topological polar surface area (TPSA) is 58.2 Å². The average molecular weight is 294 g/mol. The number of thioether (sulfide) groups is 1. The highest BCUT2D eigenvalue weighted by molar-refractivity contribution is 7.99. The zero-order chi connectivity index (χ0) is 13.4. The van der Waals surface area contributed by atoms with Crippen molar-refractivity contribution in [3.05, 3.63) is 0 Å². The van der Waals surface area contributed by atoms with Crippen LogP contribution in [0.3, 0.4) is 0 Å². The molecular formula is C12H26N2O2S2. The second-order valence-electron chi connectivity index (χ2n) is 4.85. The van der Waals surface area contributed by atoms with Crippen LogP contribution in [0.2, 0.25) is 0 Å². The lowest BCUT2D eigenvalue weighted by molar-refractivity contribution is 0.423. The average Bonchev–Trinajstić information content (AvgIpc) is 2.35. The Balaban J connectivity index is 2.38. The van der Waals surface area contributed by atoms with E-state index in [1.165, 1.54) is 6.42 Å². The van der Waals surface area contributed by atoms with Crippen LogP contribution in [0.1, 0.15) is 39.0 Å². The van der Waals surface area contributed by atoms with Gasteiger partial charge in [-0.2, -0.15) is 11.8 Å². The molecular weight excluding hydrogens is 268 g/mol. The lowest BCUT2D eigenvalue weighted by Gasteiger charge is -2.30. The summed E-state index contributed by atoms with van der Waals surface area (Å²) >= 11 is 1.78. The number of rotatable bonds is 8. The molecule has 1 aliphatic carbocycles. The Bertz CT molecular complexity index is 320. The fraction of sp³-hybridized carbons (Fsp3) is 1.00. The van der Waals surface area contributed by atoms with E-state index in [0.29, 0.717) is 11.8 Å². The number of hydrogen-bond acceptors (Lipinski definition) is 4. The van der Waals surface area contributed by atoms with Crippen LogP contribution in [0.4, 0.5) is 0 Å². The standard InChI is InChI=1S/C12H26N2O2S2/c1-3-8-13-9-10-18(15,16)14-11-6-4-5-7-12(11)17-2/h11-14H,3-10H2,1-2H3. The minimum atomic E-state index is -3.13. The van der Waals surface area contributed by atoms with Gasteiger partial charge in [0.25, 0.3) is 0 Å². The van der Waals surface area contributed by atoms with Gasteiger partial charge < -0.3 is 5.32 Å². The highest BCUT2D eigenvalue weighted by atomic mass is 32.2. The van der Waals surface area contributed by atoms with Crippen molar-refractivity contribution in [3.8, 4) is 0 Å². The quantitative estimate of drug-likeness (QED) is 0.667. The highest BCUT2D eigenvalue weighted by Crippen LogP contribution is 2.27. The van der Waals surface area contributed by atoms with Gasteiger partial charge in [-0.15, -0.1) is 0 Å². The molecule has 0 aliphatic heterocycles. The van der Waals surface area contributed by atoms with Crippen LogP contribution >= 0.6 is 11.8 Å². The number of nitrogens with one attached hydrogen (secondary N) is 2. The van der Waals surface area contributed by atoms with Crippen molar-refractivity contribution in [2.45, 2.75) is 50.3 Å². The largest absolute Gasteiger partial charge is 0.316 e. The second kappa shape index (κ2) is 8.40. The van der Waals surface area contributed by atoms with E-state index in [9.17, 15) is 8.42 Å². The number of hydrogen-bond donors (Lipinski definition) is 2. The van der Waals surface area contributed by atoms with Crippen molar-refractivity contribution in [2.75, 3.05) is 25.1 Å². The Morgan fingerprint density at radius 1 is 1.22 bits per heavy atom. The van der Waals surface area contributed by atoms with Gasteiger partial charge in [-0.1, -0.05) is 19.8 Å². The Morgan fingerprint density at radius 3 is 2.61 bits per heavy atom. The van der Waals surface area contributed by atoms with E-state index >= 15 is 0 Å². The maximum Gasteiger partial charge on any atom is 0.213 e. The van der Waals surface area contributed by atoms with Gasteiger partial charge in [-0.3, -0.25) is 0 Å². The summed E-state index contributed by atoms with van der Waals surface area (Å²) in [7, 11) is -3.13. The number of sulfonamides is 1. The van der Waals surface area contributed by atoms with E-state index in [-0.39, 0.29) is 11.8 Å². The lowest BCUT2D eigenvalue weighted by Crippen LogP contribution is -2.45. The molecule has 2 atom stereocenters. The molecule has 0 heterocycles. The van der Waals surface area contributed by atoms with Gasteiger partial charge in [0.1, 0.15) is 0 Å². The maximum atomic E-state index is 12.0. The molecule has 1 saturated carbocycles. The molecule has 2 unspecified atom stereocenters. The molecule has 0 aromatic rings. The van der Waals surface area contributed by atoms with Crippen molar-refractivity contribution in [1.82, 2.24) is 10.0 Å². The first-order valence-electron chi connectivity index (χ1n) is 6.82.